The average Bonchev–Trinajstić information content (AvgIpc) is 3.56. The number of anilines is 2. The zero-order valence-electron chi connectivity index (χ0n) is 23.4. The van der Waals surface area contributed by atoms with Gasteiger partial charge < -0.3 is 15.5 Å². The molecule has 0 saturated carbocycles. The van der Waals surface area contributed by atoms with Gasteiger partial charge in [0.2, 0.25) is 11.7 Å². The maximum absolute atomic E-state index is 14.0. The number of nitrogens with zero attached hydrogens (tertiary/aromatic N) is 3. The van der Waals surface area contributed by atoms with Crippen molar-refractivity contribution in [2.75, 3.05) is 10.6 Å². The minimum atomic E-state index is -0.572. The van der Waals surface area contributed by atoms with Crippen LogP contribution in [0.2, 0.25) is 0 Å². The van der Waals surface area contributed by atoms with E-state index in [-0.39, 0.29) is 40.9 Å². The van der Waals surface area contributed by atoms with E-state index in [9.17, 15) is 18.8 Å². The number of imide groups is 1. The van der Waals surface area contributed by atoms with Gasteiger partial charge in [0.25, 0.3) is 0 Å². The van der Waals surface area contributed by atoms with Crippen molar-refractivity contribution < 1.29 is 23.5 Å². The monoisotopic (exact) mass is 575 g/mol. The van der Waals surface area contributed by atoms with E-state index < -0.39 is 11.7 Å². The Balaban J connectivity index is 1.29. The number of H-pyrrole nitrogens is 1. The lowest BCUT2D eigenvalue weighted by molar-refractivity contribution is -0.124. The third-order valence-corrected chi connectivity index (χ3v) is 7.28. The summed E-state index contributed by atoms with van der Waals surface area (Å²) >= 11 is 0. The molecule has 0 fully saturated rings. The fourth-order valence-electron chi connectivity index (χ4n) is 5.09. The van der Waals surface area contributed by atoms with E-state index in [4.69, 9.17) is 10.5 Å². The van der Waals surface area contributed by atoms with Crippen LogP contribution in [0.5, 0.6) is 11.5 Å². The molecule has 3 N–H and O–H groups in total. The molecule has 1 aliphatic rings. The first-order chi connectivity index (χ1) is 20.7. The van der Waals surface area contributed by atoms with E-state index in [0.717, 1.165) is 15.8 Å². The topological polar surface area (TPSA) is 123 Å². The Bertz CT molecular complexity index is 2010. The summed E-state index contributed by atoms with van der Waals surface area (Å²) in [4.78, 5) is 43.2. The van der Waals surface area contributed by atoms with E-state index in [1.54, 1.807) is 49.4 Å². The van der Waals surface area contributed by atoms with Crippen molar-refractivity contribution in [2.24, 2.45) is 0 Å². The van der Waals surface area contributed by atoms with Crippen LogP contribution in [-0.4, -0.2) is 32.4 Å². The largest absolute Gasteiger partial charge is 0.454 e. The highest BCUT2D eigenvalue weighted by Gasteiger charge is 2.26. The predicted molar refractivity (Wildman–Crippen MR) is 160 cm³/mol. The van der Waals surface area contributed by atoms with Crippen molar-refractivity contribution in [3.05, 3.63) is 95.1 Å². The van der Waals surface area contributed by atoms with Crippen molar-refractivity contribution >= 4 is 40.0 Å². The maximum Gasteiger partial charge on any atom is 0.309 e. The molecule has 0 radical (unpaired) electrons. The molecule has 1 aliphatic heterocycles. The van der Waals surface area contributed by atoms with Gasteiger partial charge in [-0.15, -0.1) is 0 Å². The van der Waals surface area contributed by atoms with Gasteiger partial charge >= 0.3 is 5.91 Å². The number of fused-ring (bicyclic) bond motifs is 1. The number of ketones is 1. The molecule has 10 heteroatoms. The minimum Gasteiger partial charge on any atom is -0.454 e. The Morgan fingerprint density at radius 3 is 2.63 bits per heavy atom. The van der Waals surface area contributed by atoms with Crippen LogP contribution >= 0.6 is 0 Å². The Labute approximate surface area is 246 Å². The lowest BCUT2D eigenvalue weighted by Crippen LogP contribution is -2.37. The Morgan fingerprint density at radius 1 is 1.05 bits per heavy atom. The molecule has 0 atom stereocenters. The predicted octanol–water partition coefficient (Wildman–Crippen LogP) is 5.76. The number of hydrogen-bond acceptors (Lipinski definition) is 6. The third kappa shape index (κ3) is 5.13. The molecule has 0 bridgehead atoms. The van der Waals surface area contributed by atoms with Gasteiger partial charge in [-0.3, -0.25) is 14.4 Å². The first-order valence-electron chi connectivity index (χ1n) is 13.6. The summed E-state index contributed by atoms with van der Waals surface area (Å²) in [5, 5.41) is 5.09. The summed E-state index contributed by atoms with van der Waals surface area (Å²) < 4.78 is 21.2. The van der Waals surface area contributed by atoms with E-state index in [0.29, 0.717) is 41.0 Å². The fraction of sp³-hybridized carbons (Fsp3) is 0.152. The summed E-state index contributed by atoms with van der Waals surface area (Å²) in [5.41, 5.74) is 9.94. The normalized spacial score (nSPS) is 13.4. The van der Waals surface area contributed by atoms with Gasteiger partial charge in [-0.25, -0.2) is 14.0 Å². The molecule has 9 nitrogen and oxygen atoms in total. The molecule has 2 aromatic heterocycles. The van der Waals surface area contributed by atoms with Gasteiger partial charge in [0.05, 0.1) is 28.8 Å². The number of amides is 2. The summed E-state index contributed by atoms with van der Waals surface area (Å²) in [5.74, 6) is 4.29. The number of aromatic nitrogens is 3. The molecular weight excluding hydrogens is 549 g/mol. The molecule has 6 rings (SSSR count). The van der Waals surface area contributed by atoms with Crippen LogP contribution in [0.15, 0.2) is 66.9 Å². The van der Waals surface area contributed by atoms with Crippen LogP contribution < -0.4 is 15.4 Å². The SMILES string of the molecule is Cc1cc2cc(C(=O)c3cnn(-c4ccc(Oc5ccccc5F)cc4C)c3N)[nH]c2cc1N1C(=O)C#CCCCC1=O. The summed E-state index contributed by atoms with van der Waals surface area (Å²) in [6, 6.07) is 16.4. The minimum absolute atomic E-state index is 0.107. The van der Waals surface area contributed by atoms with Crippen LogP contribution in [0.25, 0.3) is 16.6 Å². The third-order valence-electron chi connectivity index (χ3n) is 7.28. The molecule has 0 saturated heterocycles. The number of halogens is 1. The smallest absolute Gasteiger partial charge is 0.309 e. The van der Waals surface area contributed by atoms with E-state index in [1.807, 2.05) is 13.0 Å². The van der Waals surface area contributed by atoms with Crippen molar-refractivity contribution in [3.8, 4) is 29.0 Å². The number of nitrogens with two attached hydrogens (primary N) is 1. The number of nitrogens with one attached hydrogen (secondary N) is 1. The zero-order chi connectivity index (χ0) is 30.2. The summed E-state index contributed by atoms with van der Waals surface area (Å²) in [6.07, 6.45) is 2.70. The number of aryl methyl sites for hydroxylation is 2. The lowest BCUT2D eigenvalue weighted by Gasteiger charge is -2.21. The van der Waals surface area contributed by atoms with Gasteiger partial charge in [-0.1, -0.05) is 18.1 Å². The Kier molecular flexibility index (Phi) is 7.00. The summed E-state index contributed by atoms with van der Waals surface area (Å²) in [6.45, 7) is 3.63. The number of para-hydroxylation sites is 1. The van der Waals surface area contributed by atoms with Crippen molar-refractivity contribution in [3.63, 3.8) is 0 Å². The van der Waals surface area contributed by atoms with Gasteiger partial charge in [-0.05, 0) is 85.8 Å². The number of carbonyl (C=O) groups is 3. The van der Waals surface area contributed by atoms with Crippen molar-refractivity contribution in [1.82, 2.24) is 14.8 Å². The number of hydrogen-bond donors (Lipinski definition) is 2. The second kappa shape index (κ2) is 10.9. The first-order valence-corrected chi connectivity index (χ1v) is 13.6. The molecule has 43 heavy (non-hydrogen) atoms. The van der Waals surface area contributed by atoms with Crippen LogP contribution in [0.3, 0.4) is 0 Å². The van der Waals surface area contributed by atoms with Gasteiger partial charge in [0, 0.05) is 23.7 Å². The number of nitrogen functional groups attached to an aromatic ring is 1. The van der Waals surface area contributed by atoms with Crippen LogP contribution in [0.1, 0.15) is 46.4 Å². The fourth-order valence-corrected chi connectivity index (χ4v) is 5.09. The highest BCUT2D eigenvalue weighted by atomic mass is 19.1. The quantitative estimate of drug-likeness (QED) is 0.151. The number of aromatic amines is 1. The second-order valence-corrected chi connectivity index (χ2v) is 10.3. The lowest BCUT2D eigenvalue weighted by atomic mass is 10.1. The molecule has 214 valence electrons. The van der Waals surface area contributed by atoms with E-state index >= 15 is 0 Å². The molecule has 0 aliphatic carbocycles. The Morgan fingerprint density at radius 2 is 1.84 bits per heavy atom. The highest BCUT2D eigenvalue weighted by Crippen LogP contribution is 2.31. The molecule has 3 aromatic carbocycles. The molecule has 3 heterocycles. The zero-order valence-corrected chi connectivity index (χ0v) is 23.4. The molecule has 0 unspecified atom stereocenters. The van der Waals surface area contributed by atoms with Gasteiger partial charge in [0.15, 0.2) is 11.6 Å². The molecule has 2 amide bonds. The summed E-state index contributed by atoms with van der Waals surface area (Å²) in [7, 11) is 0. The first kappa shape index (κ1) is 27.5. The molecule has 5 aromatic rings. The number of carbonyl (C=O) groups excluding carboxylic acids is 3. The van der Waals surface area contributed by atoms with E-state index in [2.05, 4.69) is 21.9 Å². The van der Waals surface area contributed by atoms with Crippen LogP contribution in [0.4, 0.5) is 15.9 Å². The van der Waals surface area contributed by atoms with Gasteiger partial charge in [-0.2, -0.15) is 5.10 Å². The standard InChI is InChI=1S/C33H26FN5O4/c1-19-14-21-16-26(37-25(21)17-28(19)38-30(40)10-4-3-5-11-31(38)41)32(42)23-18-36-39(33(23)35)27-13-12-22(15-20(27)2)43-29-9-7-6-8-24(29)34/h6-9,12-18,37H,3-4,10,35H2,1-2H3. The highest BCUT2D eigenvalue weighted by molar-refractivity contribution is 6.22. The molecule has 0 spiro atoms. The number of benzene rings is 3. The van der Waals surface area contributed by atoms with E-state index in [1.165, 1.54) is 23.0 Å². The van der Waals surface area contributed by atoms with Crippen LogP contribution in [-0.2, 0) is 9.59 Å². The second-order valence-electron chi connectivity index (χ2n) is 10.3. The van der Waals surface area contributed by atoms with Crippen LogP contribution in [0, 0.1) is 31.5 Å². The average molecular weight is 576 g/mol. The number of rotatable bonds is 6. The Hall–Kier alpha value is -5.69. The van der Waals surface area contributed by atoms with Gasteiger partial charge in [0.1, 0.15) is 11.6 Å². The maximum atomic E-state index is 14.0. The molecular formula is C33H26FN5O4. The number of ether oxygens (including phenoxy) is 1. The van der Waals surface area contributed by atoms with Crippen molar-refractivity contribution in [1.29, 1.82) is 0 Å². The van der Waals surface area contributed by atoms with Crippen molar-refractivity contribution in [2.45, 2.75) is 33.1 Å².